The molecule has 14 heteroatoms. The average Bonchev–Trinajstić information content (AvgIpc) is 3.12. The summed E-state index contributed by atoms with van der Waals surface area (Å²) >= 11 is 5.63. The third-order valence-corrected chi connectivity index (χ3v) is 6.34. The minimum atomic E-state index is -1.23. The molecule has 1 fully saturated rings. The second-order valence-electron chi connectivity index (χ2n) is 9.00. The molecule has 1 aliphatic heterocycles. The summed E-state index contributed by atoms with van der Waals surface area (Å²) in [5.74, 6) is -1.36. The van der Waals surface area contributed by atoms with Gasteiger partial charge in [-0.25, -0.2) is 4.68 Å². The molecule has 1 aliphatic rings. The first-order chi connectivity index (χ1) is 18.4. The molecule has 13 nitrogen and oxygen atoms in total. The van der Waals surface area contributed by atoms with Crippen molar-refractivity contribution in [1.29, 1.82) is 0 Å². The number of ether oxygens (including phenoxy) is 5. The zero-order valence-electron chi connectivity index (χ0n) is 22.5. The number of carbonyl (C=O) groups excluding carboxylic acids is 4. The number of carbonyl (C=O) groups is 4. The molecule has 0 bridgehead atoms. The Morgan fingerprint density at radius 1 is 1.03 bits per heavy atom. The van der Waals surface area contributed by atoms with E-state index in [1.807, 2.05) is 31.2 Å². The quantitative estimate of drug-likeness (QED) is 0.269. The fourth-order valence-electron chi connectivity index (χ4n) is 4.17. The fraction of sp³-hybridized carbons (Fsp3) is 0.520. The van der Waals surface area contributed by atoms with Crippen molar-refractivity contribution in [3.8, 4) is 5.75 Å². The highest BCUT2D eigenvalue weighted by Crippen LogP contribution is 2.33. The third-order valence-electron chi connectivity index (χ3n) is 5.88. The number of aryl methyl sites for hydroxylation is 1. The van der Waals surface area contributed by atoms with Gasteiger partial charge in [-0.3, -0.25) is 19.2 Å². The van der Waals surface area contributed by atoms with Crippen LogP contribution in [0, 0.1) is 11.7 Å². The number of nitrogens with zero attached hydrogens (tertiary/aromatic N) is 3. The largest absolute Gasteiger partial charge is 0.485 e. The highest BCUT2D eigenvalue weighted by atomic mass is 32.1. The number of amides is 1. The van der Waals surface area contributed by atoms with Crippen molar-refractivity contribution in [2.24, 2.45) is 7.05 Å². The van der Waals surface area contributed by atoms with Crippen LogP contribution in [0.2, 0.25) is 0 Å². The van der Waals surface area contributed by atoms with Crippen LogP contribution in [-0.4, -0.2) is 69.1 Å². The Bertz CT molecular complexity index is 1290. The summed E-state index contributed by atoms with van der Waals surface area (Å²) in [6, 6.07) is 6.41. The number of esters is 3. The van der Waals surface area contributed by atoms with Crippen LogP contribution in [0.4, 0.5) is 0 Å². The molecule has 1 amide bonds. The smallest absolute Gasteiger partial charge is 0.303 e. The number of nitrogens with one attached hydrogen (secondary N) is 1. The van der Waals surface area contributed by atoms with Crippen molar-refractivity contribution in [1.82, 2.24) is 19.7 Å². The lowest BCUT2D eigenvalue weighted by Crippen LogP contribution is -2.64. The molecule has 0 radical (unpaired) electrons. The summed E-state index contributed by atoms with van der Waals surface area (Å²) in [5.41, 5.74) is 0.938. The van der Waals surface area contributed by atoms with Gasteiger partial charge in [0.1, 0.15) is 31.1 Å². The molecule has 212 valence electrons. The first kappa shape index (κ1) is 29.8. The molecule has 0 saturated carbocycles. The average molecular weight is 565 g/mol. The van der Waals surface area contributed by atoms with Gasteiger partial charge >= 0.3 is 17.9 Å². The Hall–Kier alpha value is -3.78. The van der Waals surface area contributed by atoms with Gasteiger partial charge in [0.05, 0.1) is 0 Å². The maximum absolute atomic E-state index is 12.2. The molecule has 2 heterocycles. The minimum Gasteiger partial charge on any atom is -0.485 e. The van der Waals surface area contributed by atoms with Crippen molar-refractivity contribution < 1.29 is 42.9 Å². The number of aromatic nitrogens is 3. The normalized spacial score (nSPS) is 22.5. The number of hydrogen-bond acceptors (Lipinski definition) is 11. The second kappa shape index (κ2) is 12.8. The van der Waals surface area contributed by atoms with Crippen LogP contribution in [0.15, 0.2) is 24.3 Å². The van der Waals surface area contributed by atoms with Gasteiger partial charge in [0.2, 0.25) is 5.91 Å². The lowest BCUT2D eigenvalue weighted by atomic mass is 9.95. The standard InChI is InChI=1S/C25H32N4O9S/c1-13-9-7-8-10-18(13)35-12-20-27-29(25(39)28(20)6)24-21(26-14(2)30)23(37-17(5)33)22(36-16(4)32)19(38-24)11-34-15(3)31/h7-10,19,21-24H,11-12H2,1-6H3,(H,26,30)/t19-,21-,22-,23-,24-/m1/s1. The van der Waals surface area contributed by atoms with E-state index in [9.17, 15) is 19.2 Å². The van der Waals surface area contributed by atoms with Crippen LogP contribution in [0.3, 0.4) is 0 Å². The van der Waals surface area contributed by atoms with Gasteiger partial charge in [0.25, 0.3) is 0 Å². The number of rotatable bonds is 9. The van der Waals surface area contributed by atoms with Crippen LogP contribution >= 0.6 is 12.2 Å². The van der Waals surface area contributed by atoms with Crippen LogP contribution in [-0.2, 0) is 51.8 Å². The highest BCUT2D eigenvalue weighted by molar-refractivity contribution is 7.71. The zero-order chi connectivity index (χ0) is 28.9. The molecule has 39 heavy (non-hydrogen) atoms. The lowest BCUT2D eigenvalue weighted by Gasteiger charge is -2.45. The molecule has 0 aliphatic carbocycles. The second-order valence-corrected chi connectivity index (χ2v) is 9.36. The van der Waals surface area contributed by atoms with Crippen molar-refractivity contribution in [2.75, 3.05) is 6.61 Å². The van der Waals surface area contributed by atoms with Crippen LogP contribution in [0.5, 0.6) is 5.75 Å². The van der Waals surface area contributed by atoms with Crippen LogP contribution in [0.25, 0.3) is 0 Å². The number of benzene rings is 1. The van der Waals surface area contributed by atoms with Crippen molar-refractivity contribution >= 4 is 36.0 Å². The topological polar surface area (TPSA) is 149 Å². The van der Waals surface area contributed by atoms with Gasteiger partial charge in [-0.1, -0.05) is 18.2 Å². The van der Waals surface area contributed by atoms with E-state index in [0.717, 1.165) is 5.56 Å². The monoisotopic (exact) mass is 564 g/mol. The summed E-state index contributed by atoms with van der Waals surface area (Å²) in [6.07, 6.45) is -4.69. The maximum Gasteiger partial charge on any atom is 0.303 e. The predicted octanol–water partition coefficient (Wildman–Crippen LogP) is 1.67. The van der Waals surface area contributed by atoms with Gasteiger partial charge in [-0.05, 0) is 30.8 Å². The Morgan fingerprint density at radius 2 is 1.67 bits per heavy atom. The summed E-state index contributed by atoms with van der Waals surface area (Å²) in [7, 11) is 1.69. The van der Waals surface area contributed by atoms with Gasteiger partial charge in [0.15, 0.2) is 29.0 Å². The van der Waals surface area contributed by atoms with Gasteiger partial charge in [-0.15, -0.1) is 0 Å². The molecule has 0 spiro atoms. The molecule has 0 unspecified atom stereocenters. The van der Waals surface area contributed by atoms with Gasteiger partial charge in [0, 0.05) is 34.7 Å². The molecule has 1 N–H and O–H groups in total. The van der Waals surface area contributed by atoms with E-state index in [1.54, 1.807) is 11.6 Å². The van der Waals surface area contributed by atoms with E-state index in [2.05, 4.69) is 10.4 Å². The van der Waals surface area contributed by atoms with Crippen molar-refractivity contribution in [3.63, 3.8) is 0 Å². The molecule has 3 rings (SSSR count). The SMILES string of the molecule is CC(=O)N[C@@H]1[C@@H](OC(C)=O)[C@H](OC(C)=O)[C@@H](COC(C)=O)O[C@H]1n1nc(COc2ccccc2C)n(C)c1=S. The van der Waals surface area contributed by atoms with Crippen LogP contribution < -0.4 is 10.1 Å². The molecule has 2 aromatic rings. The Kier molecular flexibility index (Phi) is 9.81. The minimum absolute atomic E-state index is 0.0653. The Balaban J connectivity index is 2.05. The number of hydrogen-bond donors (Lipinski definition) is 1. The van der Waals surface area contributed by atoms with E-state index in [1.165, 1.54) is 32.4 Å². The predicted molar refractivity (Wildman–Crippen MR) is 137 cm³/mol. The Morgan fingerprint density at radius 3 is 2.26 bits per heavy atom. The molecule has 1 aromatic carbocycles. The van der Waals surface area contributed by atoms with Crippen molar-refractivity contribution in [2.45, 2.75) is 71.8 Å². The third kappa shape index (κ3) is 7.41. The molecular weight excluding hydrogens is 532 g/mol. The lowest BCUT2D eigenvalue weighted by molar-refractivity contribution is -0.239. The van der Waals surface area contributed by atoms with E-state index in [-0.39, 0.29) is 18.0 Å². The van der Waals surface area contributed by atoms with E-state index in [4.69, 9.17) is 35.9 Å². The fourth-order valence-corrected chi connectivity index (χ4v) is 4.42. The first-order valence-corrected chi connectivity index (χ1v) is 12.5. The van der Waals surface area contributed by atoms with E-state index in [0.29, 0.717) is 11.6 Å². The van der Waals surface area contributed by atoms with Gasteiger partial charge in [-0.2, -0.15) is 5.10 Å². The molecular formula is C25H32N4O9S. The Labute approximate surface area is 230 Å². The highest BCUT2D eigenvalue weighted by Gasteiger charge is 2.52. The number of para-hydroxylation sites is 1. The molecule has 5 atom stereocenters. The summed E-state index contributed by atoms with van der Waals surface area (Å²) < 4.78 is 31.4. The summed E-state index contributed by atoms with van der Waals surface area (Å²) in [5, 5.41) is 7.29. The van der Waals surface area contributed by atoms with Crippen LogP contribution in [0.1, 0.15) is 45.3 Å². The summed E-state index contributed by atoms with van der Waals surface area (Å²) in [6.45, 7) is 6.47. The van der Waals surface area contributed by atoms with E-state index < -0.39 is 54.4 Å². The molecule has 1 saturated heterocycles. The van der Waals surface area contributed by atoms with Crippen molar-refractivity contribution in [3.05, 3.63) is 40.4 Å². The van der Waals surface area contributed by atoms with Gasteiger partial charge < -0.3 is 33.6 Å². The summed E-state index contributed by atoms with van der Waals surface area (Å²) in [4.78, 5) is 47.9. The zero-order valence-corrected chi connectivity index (χ0v) is 23.4. The molecule has 1 aromatic heterocycles. The first-order valence-electron chi connectivity index (χ1n) is 12.1. The maximum atomic E-state index is 12.2. The van der Waals surface area contributed by atoms with E-state index >= 15 is 0 Å².